The number of hydrogen-bond donors (Lipinski definition) is 1. The van der Waals surface area contributed by atoms with Gasteiger partial charge in [0.2, 0.25) is 0 Å². The standard InChI is InChI=1S/C17H18N2O/c1-12-7-8-15(19-10-12)11-18-13(2)17-9-14-5-3-4-6-16(14)20-17/h3-10,13,18H,11H2,1-2H3. The maximum Gasteiger partial charge on any atom is 0.134 e. The first-order valence-corrected chi connectivity index (χ1v) is 6.86. The van der Waals surface area contributed by atoms with Crippen LogP contribution in [0.1, 0.15) is 30.0 Å². The number of aryl methyl sites for hydroxylation is 1. The molecule has 3 heteroatoms. The maximum absolute atomic E-state index is 5.85. The summed E-state index contributed by atoms with van der Waals surface area (Å²) >= 11 is 0. The molecule has 2 heterocycles. The van der Waals surface area contributed by atoms with Crippen LogP contribution >= 0.6 is 0 Å². The minimum Gasteiger partial charge on any atom is -0.459 e. The highest BCUT2D eigenvalue weighted by Gasteiger charge is 2.10. The van der Waals surface area contributed by atoms with Crippen molar-refractivity contribution in [3.8, 4) is 0 Å². The summed E-state index contributed by atoms with van der Waals surface area (Å²) in [5.74, 6) is 0.957. The average molecular weight is 266 g/mol. The van der Waals surface area contributed by atoms with Crippen LogP contribution in [0.25, 0.3) is 11.0 Å². The molecule has 2 aromatic heterocycles. The zero-order valence-corrected chi connectivity index (χ0v) is 11.8. The van der Waals surface area contributed by atoms with Gasteiger partial charge in [0.1, 0.15) is 11.3 Å². The fourth-order valence-electron chi connectivity index (χ4n) is 2.18. The lowest BCUT2D eigenvalue weighted by molar-refractivity contribution is 0.449. The highest BCUT2D eigenvalue weighted by molar-refractivity contribution is 5.77. The van der Waals surface area contributed by atoms with Crippen LogP contribution in [-0.4, -0.2) is 4.98 Å². The molecule has 0 fully saturated rings. The summed E-state index contributed by atoms with van der Waals surface area (Å²) in [6, 6.07) is 14.5. The van der Waals surface area contributed by atoms with Gasteiger partial charge in [-0.05, 0) is 37.6 Å². The van der Waals surface area contributed by atoms with Gasteiger partial charge in [-0.3, -0.25) is 4.98 Å². The van der Waals surface area contributed by atoms with E-state index >= 15 is 0 Å². The van der Waals surface area contributed by atoms with Crippen LogP contribution < -0.4 is 5.32 Å². The number of para-hydroxylation sites is 1. The fraction of sp³-hybridized carbons (Fsp3) is 0.235. The molecule has 1 N–H and O–H groups in total. The molecule has 1 aromatic carbocycles. The Labute approximate surface area is 118 Å². The second kappa shape index (κ2) is 5.47. The number of nitrogens with zero attached hydrogens (tertiary/aromatic N) is 1. The molecular weight excluding hydrogens is 248 g/mol. The Hall–Kier alpha value is -2.13. The zero-order chi connectivity index (χ0) is 13.9. The van der Waals surface area contributed by atoms with E-state index < -0.39 is 0 Å². The van der Waals surface area contributed by atoms with Crippen molar-refractivity contribution < 1.29 is 4.42 Å². The largest absolute Gasteiger partial charge is 0.459 e. The molecule has 0 aliphatic heterocycles. The molecule has 0 spiro atoms. The zero-order valence-electron chi connectivity index (χ0n) is 11.8. The number of aromatic nitrogens is 1. The predicted octanol–water partition coefficient (Wildman–Crippen LogP) is 3.99. The minimum absolute atomic E-state index is 0.158. The van der Waals surface area contributed by atoms with Gasteiger partial charge in [0.05, 0.1) is 11.7 Å². The summed E-state index contributed by atoms with van der Waals surface area (Å²) in [4.78, 5) is 4.39. The number of fused-ring (bicyclic) bond motifs is 1. The van der Waals surface area contributed by atoms with Crippen LogP contribution in [-0.2, 0) is 6.54 Å². The molecule has 102 valence electrons. The van der Waals surface area contributed by atoms with Crippen molar-refractivity contribution in [2.45, 2.75) is 26.4 Å². The van der Waals surface area contributed by atoms with Gasteiger partial charge in [-0.15, -0.1) is 0 Å². The fourth-order valence-corrected chi connectivity index (χ4v) is 2.18. The van der Waals surface area contributed by atoms with E-state index in [4.69, 9.17) is 4.42 Å². The topological polar surface area (TPSA) is 38.1 Å². The molecule has 0 radical (unpaired) electrons. The van der Waals surface area contributed by atoms with Gasteiger partial charge in [0.15, 0.2) is 0 Å². The summed E-state index contributed by atoms with van der Waals surface area (Å²) in [6.07, 6.45) is 1.89. The lowest BCUT2D eigenvalue weighted by Crippen LogP contribution is -2.18. The summed E-state index contributed by atoms with van der Waals surface area (Å²) in [5, 5.41) is 4.58. The summed E-state index contributed by atoms with van der Waals surface area (Å²) in [6.45, 7) is 4.88. The third-order valence-corrected chi connectivity index (χ3v) is 3.43. The minimum atomic E-state index is 0.158. The molecule has 3 rings (SSSR count). The average Bonchev–Trinajstić information content (AvgIpc) is 2.90. The summed E-state index contributed by atoms with van der Waals surface area (Å²) < 4.78 is 5.85. The van der Waals surface area contributed by atoms with E-state index in [0.717, 1.165) is 29.0 Å². The van der Waals surface area contributed by atoms with Crippen molar-refractivity contribution in [1.82, 2.24) is 10.3 Å². The smallest absolute Gasteiger partial charge is 0.134 e. The number of rotatable bonds is 4. The number of pyridine rings is 1. The number of hydrogen-bond acceptors (Lipinski definition) is 3. The van der Waals surface area contributed by atoms with E-state index in [1.165, 1.54) is 5.56 Å². The van der Waals surface area contributed by atoms with Crippen molar-refractivity contribution in [1.29, 1.82) is 0 Å². The second-order valence-electron chi connectivity index (χ2n) is 5.12. The van der Waals surface area contributed by atoms with Crippen LogP contribution in [0, 0.1) is 6.92 Å². The predicted molar refractivity (Wildman–Crippen MR) is 80.4 cm³/mol. The van der Waals surface area contributed by atoms with Crippen molar-refractivity contribution in [3.05, 3.63) is 65.7 Å². The van der Waals surface area contributed by atoms with Crippen LogP contribution in [0.15, 0.2) is 53.1 Å². The number of benzene rings is 1. The van der Waals surface area contributed by atoms with E-state index in [-0.39, 0.29) is 6.04 Å². The number of nitrogens with one attached hydrogen (secondary N) is 1. The molecule has 3 aromatic rings. The van der Waals surface area contributed by atoms with Gasteiger partial charge in [-0.2, -0.15) is 0 Å². The Morgan fingerprint density at radius 2 is 2.05 bits per heavy atom. The Morgan fingerprint density at radius 1 is 1.20 bits per heavy atom. The molecule has 1 atom stereocenters. The van der Waals surface area contributed by atoms with Crippen LogP contribution in [0.2, 0.25) is 0 Å². The molecule has 0 aliphatic rings. The quantitative estimate of drug-likeness (QED) is 0.776. The SMILES string of the molecule is Cc1ccc(CNC(C)c2cc3ccccc3o2)nc1. The Balaban J connectivity index is 1.69. The van der Waals surface area contributed by atoms with E-state index in [1.54, 1.807) is 0 Å². The molecule has 0 aliphatic carbocycles. The first-order valence-electron chi connectivity index (χ1n) is 6.86. The highest BCUT2D eigenvalue weighted by atomic mass is 16.3. The Kier molecular flexibility index (Phi) is 3.52. The third-order valence-electron chi connectivity index (χ3n) is 3.43. The summed E-state index contributed by atoms with van der Waals surface area (Å²) in [5.41, 5.74) is 3.15. The molecule has 1 unspecified atom stereocenters. The van der Waals surface area contributed by atoms with Gasteiger partial charge in [0.25, 0.3) is 0 Å². The van der Waals surface area contributed by atoms with Gasteiger partial charge in [0, 0.05) is 18.1 Å². The van der Waals surface area contributed by atoms with Crippen molar-refractivity contribution in [2.24, 2.45) is 0 Å². The summed E-state index contributed by atoms with van der Waals surface area (Å²) in [7, 11) is 0. The first kappa shape index (κ1) is 12.9. The lowest BCUT2D eigenvalue weighted by atomic mass is 10.2. The first-order chi connectivity index (χ1) is 9.72. The molecule has 20 heavy (non-hydrogen) atoms. The van der Waals surface area contributed by atoms with E-state index in [9.17, 15) is 0 Å². The van der Waals surface area contributed by atoms with E-state index in [2.05, 4.69) is 35.4 Å². The van der Waals surface area contributed by atoms with Crippen LogP contribution in [0.3, 0.4) is 0 Å². The molecule has 0 amide bonds. The molecular formula is C17H18N2O. The van der Waals surface area contributed by atoms with Gasteiger partial charge in [-0.25, -0.2) is 0 Å². The van der Waals surface area contributed by atoms with E-state index in [1.807, 2.05) is 37.4 Å². The normalized spacial score (nSPS) is 12.7. The third kappa shape index (κ3) is 2.73. The molecule has 0 saturated carbocycles. The van der Waals surface area contributed by atoms with Crippen molar-refractivity contribution >= 4 is 11.0 Å². The Bertz CT molecular complexity index is 667. The number of furan rings is 1. The van der Waals surface area contributed by atoms with Gasteiger partial charge >= 0.3 is 0 Å². The van der Waals surface area contributed by atoms with E-state index in [0.29, 0.717) is 0 Å². The molecule has 3 nitrogen and oxygen atoms in total. The Morgan fingerprint density at radius 3 is 2.80 bits per heavy atom. The molecule has 0 bridgehead atoms. The van der Waals surface area contributed by atoms with Crippen LogP contribution in [0.4, 0.5) is 0 Å². The monoisotopic (exact) mass is 266 g/mol. The maximum atomic E-state index is 5.85. The highest BCUT2D eigenvalue weighted by Crippen LogP contribution is 2.23. The second-order valence-corrected chi connectivity index (χ2v) is 5.12. The van der Waals surface area contributed by atoms with Gasteiger partial charge < -0.3 is 9.73 Å². The molecule has 0 saturated heterocycles. The lowest BCUT2D eigenvalue weighted by Gasteiger charge is -2.10. The van der Waals surface area contributed by atoms with Crippen molar-refractivity contribution in [2.75, 3.05) is 0 Å². The van der Waals surface area contributed by atoms with Crippen LogP contribution in [0.5, 0.6) is 0 Å². The van der Waals surface area contributed by atoms with Crippen molar-refractivity contribution in [3.63, 3.8) is 0 Å². The van der Waals surface area contributed by atoms with Gasteiger partial charge in [-0.1, -0.05) is 24.3 Å².